The Balaban J connectivity index is 2.11. The first kappa shape index (κ1) is 16.4. The van der Waals surface area contributed by atoms with Crippen LogP contribution in [-0.4, -0.2) is 27.3 Å². The fourth-order valence-electron chi connectivity index (χ4n) is 3.10. The van der Waals surface area contributed by atoms with Crippen LogP contribution in [0.2, 0.25) is 0 Å². The summed E-state index contributed by atoms with van der Waals surface area (Å²) in [6, 6.07) is 5.21. The molecule has 0 atom stereocenters. The molecule has 1 aliphatic carbocycles. The minimum atomic E-state index is -0.598. The van der Waals surface area contributed by atoms with Gasteiger partial charge in [0, 0.05) is 18.0 Å². The van der Waals surface area contributed by atoms with Crippen molar-refractivity contribution in [1.82, 2.24) is 14.8 Å². The molecule has 0 amide bonds. The zero-order chi connectivity index (χ0) is 16.9. The third kappa shape index (κ3) is 3.37. The first-order valence-electron chi connectivity index (χ1n) is 8.42. The molecule has 0 spiro atoms. The van der Waals surface area contributed by atoms with Crippen LogP contribution in [0.3, 0.4) is 0 Å². The molecular weight excluding hydrogens is 306 g/mol. The second-order valence-electron chi connectivity index (χ2n) is 5.95. The Morgan fingerprint density at radius 3 is 2.79 bits per heavy atom. The molecule has 0 unspecified atom stereocenters. The van der Waals surface area contributed by atoms with E-state index in [0.29, 0.717) is 5.69 Å². The topological polar surface area (TPSA) is 74.1 Å². The average molecular weight is 327 g/mol. The zero-order valence-corrected chi connectivity index (χ0v) is 13.8. The second-order valence-corrected chi connectivity index (χ2v) is 5.95. The summed E-state index contributed by atoms with van der Waals surface area (Å²) in [6.07, 6.45) is 8.49. The molecule has 2 heterocycles. The van der Waals surface area contributed by atoms with Crippen LogP contribution in [0, 0.1) is 0 Å². The number of esters is 1. The molecule has 2 aromatic heterocycles. The summed E-state index contributed by atoms with van der Waals surface area (Å²) in [5, 5.41) is 4.53. The van der Waals surface area contributed by atoms with E-state index in [2.05, 4.69) is 10.1 Å². The SMILES string of the molecule is CCOC(=O)c1cc(-c2cccnc2)nn(C2CCCCC2)c1=O. The smallest absolute Gasteiger partial charge is 0.343 e. The van der Waals surface area contributed by atoms with Crippen LogP contribution in [-0.2, 0) is 4.74 Å². The van der Waals surface area contributed by atoms with E-state index in [9.17, 15) is 9.59 Å². The molecular formula is C18H21N3O3. The minimum Gasteiger partial charge on any atom is -0.462 e. The monoisotopic (exact) mass is 327 g/mol. The Morgan fingerprint density at radius 2 is 2.12 bits per heavy atom. The van der Waals surface area contributed by atoms with Gasteiger partial charge in [-0.05, 0) is 38.0 Å². The lowest BCUT2D eigenvalue weighted by Crippen LogP contribution is -2.33. The molecule has 6 heteroatoms. The highest BCUT2D eigenvalue weighted by molar-refractivity contribution is 5.90. The van der Waals surface area contributed by atoms with Crippen LogP contribution < -0.4 is 5.56 Å². The molecule has 126 valence electrons. The van der Waals surface area contributed by atoms with Crippen molar-refractivity contribution in [3.63, 3.8) is 0 Å². The van der Waals surface area contributed by atoms with Gasteiger partial charge in [0.05, 0.1) is 18.3 Å². The molecule has 1 saturated carbocycles. The number of nitrogens with zero attached hydrogens (tertiary/aromatic N) is 3. The van der Waals surface area contributed by atoms with Gasteiger partial charge in [-0.25, -0.2) is 9.48 Å². The zero-order valence-electron chi connectivity index (χ0n) is 13.8. The van der Waals surface area contributed by atoms with Crippen molar-refractivity contribution in [2.45, 2.75) is 45.1 Å². The second kappa shape index (κ2) is 7.38. The lowest BCUT2D eigenvalue weighted by molar-refractivity contribution is 0.0522. The Bertz CT molecular complexity index is 765. The van der Waals surface area contributed by atoms with E-state index >= 15 is 0 Å². The standard InChI is InChI=1S/C18H21N3O3/c1-2-24-18(23)15-11-16(13-7-6-10-19-12-13)20-21(17(15)22)14-8-4-3-5-9-14/h6-7,10-12,14H,2-5,8-9H2,1H3. The van der Waals surface area contributed by atoms with E-state index in [1.807, 2.05) is 6.07 Å². The Morgan fingerprint density at radius 1 is 1.33 bits per heavy atom. The number of aromatic nitrogens is 3. The molecule has 1 fully saturated rings. The Hall–Kier alpha value is -2.50. The van der Waals surface area contributed by atoms with Crippen molar-refractivity contribution in [2.24, 2.45) is 0 Å². The van der Waals surface area contributed by atoms with Crippen LogP contribution in [0.4, 0.5) is 0 Å². The summed E-state index contributed by atoms with van der Waals surface area (Å²) in [6.45, 7) is 1.95. The maximum Gasteiger partial charge on any atom is 0.343 e. The van der Waals surface area contributed by atoms with E-state index in [4.69, 9.17) is 4.74 Å². The van der Waals surface area contributed by atoms with Crippen molar-refractivity contribution in [2.75, 3.05) is 6.61 Å². The van der Waals surface area contributed by atoms with Gasteiger partial charge in [-0.1, -0.05) is 19.3 Å². The molecule has 6 nitrogen and oxygen atoms in total. The van der Waals surface area contributed by atoms with E-state index in [1.165, 1.54) is 17.2 Å². The van der Waals surface area contributed by atoms with Crippen LogP contribution in [0.25, 0.3) is 11.3 Å². The molecule has 0 aromatic carbocycles. The van der Waals surface area contributed by atoms with Crippen LogP contribution in [0.5, 0.6) is 0 Å². The molecule has 0 saturated heterocycles. The summed E-state index contributed by atoms with van der Waals surface area (Å²) in [4.78, 5) is 29.1. The fourth-order valence-corrected chi connectivity index (χ4v) is 3.10. The van der Waals surface area contributed by atoms with Gasteiger partial charge in [0.1, 0.15) is 5.56 Å². The summed E-state index contributed by atoms with van der Waals surface area (Å²) >= 11 is 0. The molecule has 24 heavy (non-hydrogen) atoms. The fraction of sp³-hybridized carbons (Fsp3) is 0.444. The molecule has 0 N–H and O–H groups in total. The molecule has 0 bridgehead atoms. The highest BCUT2D eigenvalue weighted by Crippen LogP contribution is 2.27. The number of rotatable bonds is 4. The molecule has 0 aliphatic heterocycles. The molecule has 0 radical (unpaired) electrons. The van der Waals surface area contributed by atoms with Gasteiger partial charge >= 0.3 is 5.97 Å². The van der Waals surface area contributed by atoms with Crippen molar-refractivity contribution in [3.05, 3.63) is 46.5 Å². The lowest BCUT2D eigenvalue weighted by Gasteiger charge is -2.23. The van der Waals surface area contributed by atoms with Crippen molar-refractivity contribution >= 4 is 5.97 Å². The summed E-state index contributed by atoms with van der Waals surface area (Å²) < 4.78 is 6.53. The molecule has 3 rings (SSSR count). The summed E-state index contributed by atoms with van der Waals surface area (Å²) in [7, 11) is 0. The Kier molecular flexibility index (Phi) is 5.03. The average Bonchev–Trinajstić information content (AvgIpc) is 2.63. The van der Waals surface area contributed by atoms with Gasteiger partial charge in [0.15, 0.2) is 0 Å². The normalized spacial score (nSPS) is 15.2. The van der Waals surface area contributed by atoms with Crippen molar-refractivity contribution < 1.29 is 9.53 Å². The van der Waals surface area contributed by atoms with E-state index in [1.54, 1.807) is 25.4 Å². The molecule has 2 aromatic rings. The predicted molar refractivity (Wildman–Crippen MR) is 89.8 cm³/mol. The number of hydrogen-bond donors (Lipinski definition) is 0. The highest BCUT2D eigenvalue weighted by Gasteiger charge is 2.23. The largest absolute Gasteiger partial charge is 0.462 e. The lowest BCUT2D eigenvalue weighted by atomic mass is 9.95. The van der Waals surface area contributed by atoms with Crippen molar-refractivity contribution in [1.29, 1.82) is 0 Å². The van der Waals surface area contributed by atoms with Crippen LogP contribution in [0.15, 0.2) is 35.4 Å². The molecule has 1 aliphatic rings. The maximum atomic E-state index is 12.8. The number of pyridine rings is 1. The van der Waals surface area contributed by atoms with Gasteiger partial charge in [-0.15, -0.1) is 0 Å². The van der Waals surface area contributed by atoms with Gasteiger partial charge in [0.2, 0.25) is 0 Å². The van der Waals surface area contributed by atoms with E-state index in [-0.39, 0.29) is 23.8 Å². The number of ether oxygens (including phenoxy) is 1. The number of carbonyl (C=O) groups excluding carboxylic acids is 1. The van der Waals surface area contributed by atoms with Crippen LogP contribution >= 0.6 is 0 Å². The third-order valence-electron chi connectivity index (χ3n) is 4.31. The van der Waals surface area contributed by atoms with Gasteiger partial charge in [0.25, 0.3) is 5.56 Å². The van der Waals surface area contributed by atoms with E-state index < -0.39 is 5.97 Å². The first-order chi connectivity index (χ1) is 11.7. The first-order valence-corrected chi connectivity index (χ1v) is 8.42. The highest BCUT2D eigenvalue weighted by atomic mass is 16.5. The maximum absolute atomic E-state index is 12.8. The minimum absolute atomic E-state index is 0.0380. The summed E-state index contributed by atoms with van der Waals surface area (Å²) in [5.41, 5.74) is 1.01. The number of carbonyl (C=O) groups is 1. The van der Waals surface area contributed by atoms with E-state index in [0.717, 1.165) is 31.2 Å². The van der Waals surface area contributed by atoms with Crippen LogP contribution in [0.1, 0.15) is 55.4 Å². The van der Waals surface area contributed by atoms with Gasteiger partial charge < -0.3 is 4.74 Å². The quantitative estimate of drug-likeness (QED) is 0.807. The third-order valence-corrected chi connectivity index (χ3v) is 4.31. The number of hydrogen-bond acceptors (Lipinski definition) is 5. The van der Waals surface area contributed by atoms with Gasteiger partial charge in [-0.3, -0.25) is 9.78 Å². The van der Waals surface area contributed by atoms with Crippen molar-refractivity contribution in [3.8, 4) is 11.3 Å². The summed E-state index contributed by atoms with van der Waals surface area (Å²) in [5.74, 6) is -0.598. The Labute approximate surface area is 140 Å². The predicted octanol–water partition coefficient (Wildman–Crippen LogP) is 2.99. The van der Waals surface area contributed by atoms with Gasteiger partial charge in [-0.2, -0.15) is 5.10 Å².